The first-order valence-electron chi connectivity index (χ1n) is 4.70. The number of aromatic nitrogens is 4. The lowest BCUT2D eigenvalue weighted by atomic mass is 10.1. The SMILES string of the molecule is CC(C)c1ccnn1-c1ncc(Br)cn1. The van der Waals surface area contributed by atoms with E-state index in [0.29, 0.717) is 11.9 Å². The molecule has 0 aliphatic carbocycles. The summed E-state index contributed by atoms with van der Waals surface area (Å²) in [7, 11) is 0. The topological polar surface area (TPSA) is 43.6 Å². The second-order valence-electron chi connectivity index (χ2n) is 3.52. The summed E-state index contributed by atoms with van der Waals surface area (Å²) in [5.74, 6) is 1.01. The number of hydrogen-bond acceptors (Lipinski definition) is 3. The Morgan fingerprint density at radius 1 is 1.27 bits per heavy atom. The molecule has 4 nitrogen and oxygen atoms in total. The highest BCUT2D eigenvalue weighted by Gasteiger charge is 2.09. The molecular weight excluding hydrogens is 256 g/mol. The second-order valence-corrected chi connectivity index (χ2v) is 4.44. The fourth-order valence-electron chi connectivity index (χ4n) is 1.33. The standard InChI is InChI=1S/C10H11BrN4/c1-7(2)9-3-4-14-15(9)10-12-5-8(11)6-13-10/h3-7H,1-2H3. The molecule has 0 N–H and O–H groups in total. The largest absolute Gasteiger partial charge is 0.250 e. The number of hydrogen-bond donors (Lipinski definition) is 0. The van der Waals surface area contributed by atoms with Crippen LogP contribution in [0.15, 0.2) is 29.1 Å². The zero-order valence-corrected chi connectivity index (χ0v) is 10.1. The summed E-state index contributed by atoms with van der Waals surface area (Å²) in [5.41, 5.74) is 1.11. The molecule has 0 saturated carbocycles. The zero-order chi connectivity index (χ0) is 10.8. The Balaban J connectivity index is 2.45. The van der Waals surface area contributed by atoms with Gasteiger partial charge in [0.25, 0.3) is 5.95 Å². The summed E-state index contributed by atoms with van der Waals surface area (Å²) in [6, 6.07) is 1.98. The van der Waals surface area contributed by atoms with Gasteiger partial charge in [-0.1, -0.05) is 13.8 Å². The predicted molar refractivity (Wildman–Crippen MR) is 60.9 cm³/mol. The van der Waals surface area contributed by atoms with Crippen LogP contribution in [-0.2, 0) is 0 Å². The minimum Gasteiger partial charge on any atom is -0.218 e. The number of halogens is 1. The molecule has 2 aromatic heterocycles. The van der Waals surface area contributed by atoms with Crippen molar-refractivity contribution in [2.24, 2.45) is 0 Å². The summed E-state index contributed by atoms with van der Waals surface area (Å²) in [6.45, 7) is 4.23. The van der Waals surface area contributed by atoms with Crippen LogP contribution in [0, 0.1) is 0 Å². The van der Waals surface area contributed by atoms with Gasteiger partial charge in [0.05, 0.1) is 10.2 Å². The van der Waals surface area contributed by atoms with Crippen LogP contribution in [0.5, 0.6) is 0 Å². The second kappa shape index (κ2) is 4.10. The third-order valence-electron chi connectivity index (χ3n) is 2.06. The van der Waals surface area contributed by atoms with Gasteiger partial charge < -0.3 is 0 Å². The van der Waals surface area contributed by atoms with Crippen molar-refractivity contribution in [3.8, 4) is 5.95 Å². The van der Waals surface area contributed by atoms with E-state index in [1.165, 1.54) is 0 Å². The fraction of sp³-hybridized carbons (Fsp3) is 0.300. The predicted octanol–water partition coefficient (Wildman–Crippen LogP) is 2.55. The Morgan fingerprint density at radius 2 is 1.93 bits per heavy atom. The van der Waals surface area contributed by atoms with Gasteiger partial charge in [-0.2, -0.15) is 5.10 Å². The van der Waals surface area contributed by atoms with Crippen molar-refractivity contribution in [1.82, 2.24) is 19.7 Å². The Labute approximate surface area is 96.5 Å². The van der Waals surface area contributed by atoms with Gasteiger partial charge in [-0.3, -0.25) is 0 Å². The quantitative estimate of drug-likeness (QED) is 0.839. The third-order valence-corrected chi connectivity index (χ3v) is 2.47. The molecule has 15 heavy (non-hydrogen) atoms. The van der Waals surface area contributed by atoms with E-state index in [9.17, 15) is 0 Å². The molecule has 0 fully saturated rings. The molecule has 0 amide bonds. The summed E-state index contributed by atoms with van der Waals surface area (Å²) in [5, 5.41) is 4.21. The highest BCUT2D eigenvalue weighted by atomic mass is 79.9. The highest BCUT2D eigenvalue weighted by Crippen LogP contribution is 2.16. The average Bonchev–Trinajstić information content (AvgIpc) is 2.67. The highest BCUT2D eigenvalue weighted by molar-refractivity contribution is 9.10. The van der Waals surface area contributed by atoms with E-state index in [4.69, 9.17) is 0 Å². The lowest BCUT2D eigenvalue weighted by molar-refractivity contribution is 0.703. The molecule has 0 aliphatic rings. The summed E-state index contributed by atoms with van der Waals surface area (Å²) < 4.78 is 2.63. The van der Waals surface area contributed by atoms with Crippen molar-refractivity contribution in [2.45, 2.75) is 19.8 Å². The molecule has 0 aliphatic heterocycles. The van der Waals surface area contributed by atoms with Crippen LogP contribution in [0.4, 0.5) is 0 Å². The van der Waals surface area contributed by atoms with Crippen LogP contribution >= 0.6 is 15.9 Å². The van der Waals surface area contributed by atoms with Crippen molar-refractivity contribution in [1.29, 1.82) is 0 Å². The van der Waals surface area contributed by atoms with Gasteiger partial charge in [0, 0.05) is 18.6 Å². The summed E-state index contributed by atoms with van der Waals surface area (Å²) in [6.07, 6.45) is 5.20. The van der Waals surface area contributed by atoms with Crippen LogP contribution in [0.1, 0.15) is 25.5 Å². The van der Waals surface area contributed by atoms with E-state index in [0.717, 1.165) is 10.2 Å². The zero-order valence-electron chi connectivity index (χ0n) is 8.55. The van der Waals surface area contributed by atoms with Gasteiger partial charge in [0.15, 0.2) is 0 Å². The van der Waals surface area contributed by atoms with Gasteiger partial charge in [-0.25, -0.2) is 14.6 Å². The Bertz CT molecular complexity index is 447. The number of nitrogens with zero attached hydrogens (tertiary/aromatic N) is 4. The van der Waals surface area contributed by atoms with E-state index in [1.54, 1.807) is 23.3 Å². The van der Waals surface area contributed by atoms with Crippen molar-refractivity contribution in [3.05, 3.63) is 34.8 Å². The third kappa shape index (κ3) is 2.07. The number of rotatable bonds is 2. The van der Waals surface area contributed by atoms with Gasteiger partial charge in [0.1, 0.15) is 0 Å². The van der Waals surface area contributed by atoms with Crippen LogP contribution in [0.2, 0.25) is 0 Å². The van der Waals surface area contributed by atoms with Crippen molar-refractivity contribution < 1.29 is 0 Å². The van der Waals surface area contributed by atoms with Crippen LogP contribution in [0.3, 0.4) is 0 Å². The summed E-state index contributed by atoms with van der Waals surface area (Å²) in [4.78, 5) is 8.41. The molecule has 0 atom stereocenters. The van der Waals surface area contributed by atoms with Crippen LogP contribution in [0.25, 0.3) is 5.95 Å². The Morgan fingerprint density at radius 3 is 2.53 bits per heavy atom. The monoisotopic (exact) mass is 266 g/mol. The first-order valence-corrected chi connectivity index (χ1v) is 5.49. The molecule has 0 saturated heterocycles. The van der Waals surface area contributed by atoms with Crippen molar-refractivity contribution >= 4 is 15.9 Å². The molecule has 0 unspecified atom stereocenters. The van der Waals surface area contributed by atoms with E-state index in [1.807, 2.05) is 6.07 Å². The molecule has 0 spiro atoms. The molecule has 2 aromatic rings. The summed E-state index contributed by atoms with van der Waals surface area (Å²) >= 11 is 3.30. The van der Waals surface area contributed by atoms with E-state index >= 15 is 0 Å². The average molecular weight is 267 g/mol. The molecule has 78 valence electrons. The Hall–Kier alpha value is -1.23. The van der Waals surface area contributed by atoms with Gasteiger partial charge in [-0.05, 0) is 27.9 Å². The minimum atomic E-state index is 0.403. The van der Waals surface area contributed by atoms with Gasteiger partial charge in [-0.15, -0.1) is 0 Å². The maximum atomic E-state index is 4.21. The molecule has 0 bridgehead atoms. The Kier molecular flexibility index (Phi) is 2.81. The van der Waals surface area contributed by atoms with Crippen molar-refractivity contribution in [3.63, 3.8) is 0 Å². The molecule has 0 aromatic carbocycles. The molecule has 5 heteroatoms. The van der Waals surface area contributed by atoms with E-state index in [2.05, 4.69) is 44.8 Å². The molecule has 2 rings (SSSR count). The lowest BCUT2D eigenvalue weighted by Gasteiger charge is -2.07. The minimum absolute atomic E-state index is 0.403. The maximum Gasteiger partial charge on any atom is 0.250 e. The molecule has 0 radical (unpaired) electrons. The van der Waals surface area contributed by atoms with Crippen molar-refractivity contribution in [2.75, 3.05) is 0 Å². The van der Waals surface area contributed by atoms with Gasteiger partial charge >= 0.3 is 0 Å². The lowest BCUT2D eigenvalue weighted by Crippen LogP contribution is -2.07. The van der Waals surface area contributed by atoms with E-state index in [-0.39, 0.29) is 0 Å². The molecular formula is C10H11BrN4. The molecule has 2 heterocycles. The maximum absolute atomic E-state index is 4.21. The normalized spacial score (nSPS) is 10.9. The smallest absolute Gasteiger partial charge is 0.218 e. The van der Waals surface area contributed by atoms with E-state index < -0.39 is 0 Å². The van der Waals surface area contributed by atoms with Crippen LogP contribution in [-0.4, -0.2) is 19.7 Å². The van der Waals surface area contributed by atoms with Gasteiger partial charge in [0.2, 0.25) is 0 Å². The fourth-order valence-corrected chi connectivity index (χ4v) is 1.54. The first kappa shape index (κ1) is 10.3. The first-order chi connectivity index (χ1) is 7.18. The van der Waals surface area contributed by atoms with Crippen LogP contribution < -0.4 is 0 Å².